The smallest absolute Gasteiger partial charge is 0.292 e. The first kappa shape index (κ1) is 23.3. The molecule has 1 aromatic rings. The molecule has 1 aromatic heterocycles. The molecule has 2 saturated heterocycles. The van der Waals surface area contributed by atoms with E-state index < -0.39 is 11.8 Å². The van der Waals surface area contributed by atoms with Crippen molar-refractivity contribution in [3.05, 3.63) is 24.2 Å². The van der Waals surface area contributed by atoms with Gasteiger partial charge in [-0.15, -0.1) is 0 Å². The third kappa shape index (κ3) is 5.27. The minimum Gasteiger partial charge on any atom is -0.459 e. The molecule has 0 radical (unpaired) electrons. The van der Waals surface area contributed by atoms with Crippen LogP contribution in [-0.4, -0.2) is 91.1 Å². The van der Waals surface area contributed by atoms with E-state index in [1.165, 1.54) is 6.26 Å². The number of nitrogens with one attached hydrogen (secondary N) is 1. The molecule has 2 aliphatic heterocycles. The Morgan fingerprint density at radius 1 is 1.26 bits per heavy atom. The lowest BCUT2D eigenvalue weighted by atomic mass is 9.96. The van der Waals surface area contributed by atoms with Crippen molar-refractivity contribution in [2.24, 2.45) is 5.92 Å². The van der Waals surface area contributed by atoms with Crippen LogP contribution in [0.5, 0.6) is 0 Å². The molecule has 2 fully saturated rings. The lowest BCUT2D eigenvalue weighted by molar-refractivity contribution is -0.144. The van der Waals surface area contributed by atoms with Crippen molar-refractivity contribution in [2.75, 3.05) is 46.9 Å². The summed E-state index contributed by atoms with van der Waals surface area (Å²) in [5, 5.41) is 2.91. The Morgan fingerprint density at radius 2 is 1.97 bits per heavy atom. The number of nitrogens with zero attached hydrogens (tertiary/aromatic N) is 3. The van der Waals surface area contributed by atoms with Crippen LogP contribution in [0.2, 0.25) is 0 Å². The van der Waals surface area contributed by atoms with Gasteiger partial charge in [0.2, 0.25) is 11.8 Å². The third-order valence-corrected chi connectivity index (χ3v) is 5.85. The van der Waals surface area contributed by atoms with Crippen molar-refractivity contribution >= 4 is 17.7 Å². The molecule has 1 atom stereocenters. The van der Waals surface area contributed by atoms with Gasteiger partial charge in [-0.2, -0.15) is 0 Å². The molecular weight excluding hydrogens is 400 g/mol. The van der Waals surface area contributed by atoms with Crippen molar-refractivity contribution in [3.63, 3.8) is 0 Å². The van der Waals surface area contributed by atoms with Gasteiger partial charge in [-0.1, -0.05) is 13.8 Å². The van der Waals surface area contributed by atoms with Gasteiger partial charge in [0.05, 0.1) is 12.9 Å². The van der Waals surface area contributed by atoms with Crippen molar-refractivity contribution in [1.29, 1.82) is 0 Å². The first-order chi connectivity index (χ1) is 14.7. The molecule has 0 saturated carbocycles. The highest BCUT2D eigenvalue weighted by atomic mass is 16.5. The zero-order chi connectivity index (χ0) is 22.6. The predicted molar refractivity (Wildman–Crippen MR) is 114 cm³/mol. The number of ether oxygens (including phenoxy) is 1. The minimum absolute atomic E-state index is 0.115. The number of hydrogen-bond acceptors (Lipinski definition) is 6. The Bertz CT molecular complexity index is 769. The summed E-state index contributed by atoms with van der Waals surface area (Å²) in [6.07, 6.45) is 2.87. The maximum absolute atomic E-state index is 13.3. The van der Waals surface area contributed by atoms with Crippen molar-refractivity contribution in [2.45, 2.75) is 44.9 Å². The van der Waals surface area contributed by atoms with Crippen LogP contribution < -0.4 is 5.32 Å². The van der Waals surface area contributed by atoms with Gasteiger partial charge in [0.15, 0.2) is 5.76 Å². The Kier molecular flexibility index (Phi) is 7.38. The average molecular weight is 435 g/mol. The predicted octanol–water partition coefficient (Wildman–Crippen LogP) is 1.16. The Hall–Kier alpha value is -2.39. The van der Waals surface area contributed by atoms with E-state index in [2.05, 4.69) is 5.32 Å². The number of rotatable bonds is 7. The van der Waals surface area contributed by atoms with Gasteiger partial charge in [-0.3, -0.25) is 19.3 Å². The number of likely N-dealkylation sites (tertiary alicyclic amines) is 1. The normalized spacial score (nSPS) is 20.6. The lowest BCUT2D eigenvalue weighted by Gasteiger charge is -2.44. The van der Waals surface area contributed by atoms with E-state index >= 15 is 0 Å². The van der Waals surface area contributed by atoms with E-state index in [0.29, 0.717) is 51.4 Å². The molecule has 3 rings (SSSR count). The summed E-state index contributed by atoms with van der Waals surface area (Å²) in [5.74, 6) is -0.0217. The molecule has 0 aromatic carbocycles. The summed E-state index contributed by atoms with van der Waals surface area (Å²) in [6.45, 7) is 6.32. The summed E-state index contributed by atoms with van der Waals surface area (Å²) >= 11 is 0. The van der Waals surface area contributed by atoms with E-state index in [4.69, 9.17) is 9.15 Å². The molecule has 3 heterocycles. The standard InChI is InChI=1S/C22H34N4O5/c1-16(2)14-19(27)25-10-7-22(8-11-25)26(21(29)18-6-5-13-30-18)17(15-31-22)20(28)23-9-12-24(3)4/h5-6,13,16-17H,7-12,14-15H2,1-4H3,(H,23,28). The monoisotopic (exact) mass is 434 g/mol. The van der Waals surface area contributed by atoms with Gasteiger partial charge < -0.3 is 24.3 Å². The topological polar surface area (TPSA) is 95.3 Å². The van der Waals surface area contributed by atoms with Gasteiger partial charge in [0.1, 0.15) is 11.8 Å². The number of likely N-dealkylation sites (N-methyl/N-ethyl adjacent to an activating group) is 1. The molecule has 1 unspecified atom stereocenters. The zero-order valence-electron chi connectivity index (χ0n) is 18.9. The maximum atomic E-state index is 13.3. The fraction of sp³-hybridized carbons (Fsp3) is 0.682. The van der Waals surface area contributed by atoms with Crippen LogP contribution >= 0.6 is 0 Å². The third-order valence-electron chi connectivity index (χ3n) is 5.85. The van der Waals surface area contributed by atoms with Crippen LogP contribution in [0.3, 0.4) is 0 Å². The lowest BCUT2D eigenvalue weighted by Crippen LogP contribution is -2.60. The van der Waals surface area contributed by atoms with Gasteiger partial charge >= 0.3 is 0 Å². The summed E-state index contributed by atoms with van der Waals surface area (Å²) in [4.78, 5) is 44.1. The Morgan fingerprint density at radius 3 is 2.55 bits per heavy atom. The molecule has 172 valence electrons. The van der Waals surface area contributed by atoms with Crippen molar-refractivity contribution in [1.82, 2.24) is 20.0 Å². The molecule has 9 heteroatoms. The Balaban J connectivity index is 1.76. The van der Waals surface area contributed by atoms with E-state index in [0.717, 1.165) is 0 Å². The summed E-state index contributed by atoms with van der Waals surface area (Å²) in [5.41, 5.74) is -0.915. The molecule has 2 aliphatic rings. The van der Waals surface area contributed by atoms with Crippen molar-refractivity contribution < 1.29 is 23.5 Å². The van der Waals surface area contributed by atoms with E-state index in [1.54, 1.807) is 17.0 Å². The van der Waals surface area contributed by atoms with Gasteiger partial charge in [-0.25, -0.2) is 0 Å². The van der Waals surface area contributed by atoms with Crippen LogP contribution in [0.15, 0.2) is 22.8 Å². The molecule has 9 nitrogen and oxygen atoms in total. The van der Waals surface area contributed by atoms with E-state index in [1.807, 2.05) is 37.7 Å². The van der Waals surface area contributed by atoms with Crippen LogP contribution in [0.1, 0.15) is 43.7 Å². The fourth-order valence-electron chi connectivity index (χ4n) is 4.19. The molecule has 0 bridgehead atoms. The molecule has 1 N–H and O–H groups in total. The second-order valence-corrected chi connectivity index (χ2v) is 9.00. The second-order valence-electron chi connectivity index (χ2n) is 9.00. The summed E-state index contributed by atoms with van der Waals surface area (Å²) < 4.78 is 11.5. The second kappa shape index (κ2) is 9.82. The molecular formula is C22H34N4O5. The molecule has 31 heavy (non-hydrogen) atoms. The first-order valence-electron chi connectivity index (χ1n) is 10.9. The highest BCUT2D eigenvalue weighted by Crippen LogP contribution is 2.38. The maximum Gasteiger partial charge on any atom is 0.292 e. The number of amides is 3. The SMILES string of the molecule is CC(C)CC(=O)N1CCC2(CC1)OCC(C(=O)NCCN(C)C)N2C(=O)c1ccco1. The van der Waals surface area contributed by atoms with Crippen LogP contribution in [0, 0.1) is 5.92 Å². The number of furan rings is 1. The number of piperidine rings is 1. The van der Waals surface area contributed by atoms with Gasteiger partial charge in [0, 0.05) is 45.4 Å². The largest absolute Gasteiger partial charge is 0.459 e. The minimum atomic E-state index is -0.915. The highest BCUT2D eigenvalue weighted by Gasteiger charge is 2.54. The quantitative estimate of drug-likeness (QED) is 0.692. The summed E-state index contributed by atoms with van der Waals surface area (Å²) in [7, 11) is 3.86. The highest BCUT2D eigenvalue weighted by molar-refractivity contribution is 5.96. The zero-order valence-corrected chi connectivity index (χ0v) is 18.9. The molecule has 0 aliphatic carbocycles. The van der Waals surface area contributed by atoms with Crippen molar-refractivity contribution in [3.8, 4) is 0 Å². The average Bonchev–Trinajstić information content (AvgIpc) is 3.36. The number of carbonyl (C=O) groups is 3. The van der Waals surface area contributed by atoms with E-state index in [-0.39, 0.29) is 30.1 Å². The number of carbonyl (C=O) groups excluding carboxylic acids is 3. The van der Waals surface area contributed by atoms with Crippen LogP contribution in [0.4, 0.5) is 0 Å². The van der Waals surface area contributed by atoms with Gasteiger partial charge in [0.25, 0.3) is 5.91 Å². The fourth-order valence-corrected chi connectivity index (χ4v) is 4.19. The van der Waals surface area contributed by atoms with E-state index in [9.17, 15) is 14.4 Å². The molecule has 1 spiro atoms. The summed E-state index contributed by atoms with van der Waals surface area (Å²) in [6, 6.07) is 2.50. The Labute approximate surface area is 183 Å². The first-order valence-corrected chi connectivity index (χ1v) is 10.9. The van der Waals surface area contributed by atoms with Crippen LogP contribution in [0.25, 0.3) is 0 Å². The van der Waals surface area contributed by atoms with Crippen LogP contribution in [-0.2, 0) is 14.3 Å². The van der Waals surface area contributed by atoms with Gasteiger partial charge in [-0.05, 0) is 32.1 Å². The molecule has 3 amide bonds. The number of hydrogen-bond donors (Lipinski definition) is 1.